The second-order valence-electron chi connectivity index (χ2n) is 8.27. The van der Waals surface area contributed by atoms with Crippen LogP contribution in [0.5, 0.6) is 5.75 Å². The van der Waals surface area contributed by atoms with Gasteiger partial charge in [-0.15, -0.1) is 0 Å². The fourth-order valence-corrected chi connectivity index (χ4v) is 3.97. The second-order valence-corrected chi connectivity index (χ2v) is 8.27. The van der Waals surface area contributed by atoms with Gasteiger partial charge in [0, 0.05) is 30.6 Å². The fraction of sp³-hybridized carbons (Fsp3) is 0.391. The van der Waals surface area contributed by atoms with E-state index in [4.69, 9.17) is 9.47 Å². The minimum Gasteiger partial charge on any atom is -0.497 e. The molecule has 2 aromatic heterocycles. The zero-order valence-corrected chi connectivity index (χ0v) is 17.8. The lowest BCUT2D eigenvalue weighted by molar-refractivity contribution is 0.183. The molecule has 1 saturated carbocycles. The molecule has 2 fully saturated rings. The summed E-state index contributed by atoms with van der Waals surface area (Å²) < 4.78 is 14.1. The van der Waals surface area contributed by atoms with Crippen molar-refractivity contribution in [3.8, 4) is 17.0 Å². The summed E-state index contributed by atoms with van der Waals surface area (Å²) in [4.78, 5) is 29.7. The van der Waals surface area contributed by atoms with E-state index in [1.165, 1.54) is 10.7 Å². The van der Waals surface area contributed by atoms with E-state index in [0.29, 0.717) is 37.1 Å². The van der Waals surface area contributed by atoms with Crippen LogP contribution in [0.25, 0.3) is 11.3 Å². The Labute approximate surface area is 184 Å². The van der Waals surface area contributed by atoms with Gasteiger partial charge in [-0.25, -0.2) is 9.67 Å². The summed E-state index contributed by atoms with van der Waals surface area (Å²) in [5.74, 6) is 1.56. The lowest BCUT2D eigenvalue weighted by Gasteiger charge is -2.21. The first kappa shape index (κ1) is 20.4. The summed E-state index contributed by atoms with van der Waals surface area (Å²) in [5, 5.41) is 7.81. The van der Waals surface area contributed by atoms with E-state index in [1.807, 2.05) is 24.3 Å². The van der Waals surface area contributed by atoms with E-state index in [9.17, 15) is 9.59 Å². The van der Waals surface area contributed by atoms with Crippen molar-refractivity contribution in [3.05, 3.63) is 69.5 Å². The molecule has 1 aliphatic carbocycles. The number of ether oxygens (including phenoxy) is 2. The minimum atomic E-state index is -0.369. The Kier molecular flexibility index (Phi) is 5.48. The smallest absolute Gasteiger partial charge is 0.293 e. The summed E-state index contributed by atoms with van der Waals surface area (Å²) >= 11 is 0. The molecule has 0 radical (unpaired) electrons. The molecule has 9 nitrogen and oxygen atoms in total. The topological polar surface area (TPSA) is 100 Å². The summed E-state index contributed by atoms with van der Waals surface area (Å²) in [6.07, 6.45) is 5.67. The van der Waals surface area contributed by atoms with E-state index in [2.05, 4.69) is 15.4 Å². The lowest BCUT2D eigenvalue weighted by atomic mass is 10.1. The van der Waals surface area contributed by atoms with E-state index in [-0.39, 0.29) is 29.0 Å². The molecule has 0 bridgehead atoms. The molecule has 5 rings (SSSR count). The van der Waals surface area contributed by atoms with Crippen molar-refractivity contribution in [1.29, 1.82) is 0 Å². The third-order valence-corrected chi connectivity index (χ3v) is 5.94. The molecule has 3 aromatic rings. The number of methoxy groups -OCH3 is 1. The Morgan fingerprint density at radius 3 is 2.88 bits per heavy atom. The third-order valence-electron chi connectivity index (χ3n) is 5.94. The highest BCUT2D eigenvalue weighted by atomic mass is 16.5. The van der Waals surface area contributed by atoms with E-state index >= 15 is 0 Å². The van der Waals surface area contributed by atoms with Crippen LogP contribution in [-0.2, 0) is 11.3 Å². The van der Waals surface area contributed by atoms with Gasteiger partial charge in [-0.1, -0.05) is 12.1 Å². The van der Waals surface area contributed by atoms with Crippen molar-refractivity contribution < 1.29 is 9.47 Å². The van der Waals surface area contributed by atoms with Gasteiger partial charge in [0.1, 0.15) is 11.8 Å². The molecule has 3 heterocycles. The Morgan fingerprint density at radius 2 is 2.06 bits per heavy atom. The van der Waals surface area contributed by atoms with Gasteiger partial charge in [-0.05, 0) is 37.0 Å². The van der Waals surface area contributed by atoms with Crippen LogP contribution in [0.15, 0.2) is 58.4 Å². The fourth-order valence-electron chi connectivity index (χ4n) is 3.97. The molecule has 2 atom stereocenters. The SMILES string of the molecule is COc1cccc(-c2ccc(=O)n(C3COCC3Nc3nccn(CC4CC4)c3=O)n2)c1. The zero-order valence-electron chi connectivity index (χ0n) is 17.8. The van der Waals surface area contributed by atoms with E-state index in [1.54, 1.807) is 30.1 Å². The number of nitrogens with zero attached hydrogens (tertiary/aromatic N) is 4. The standard InChI is InChI=1S/C23H25N5O4/c1-31-17-4-2-3-16(11-17)18-7-8-21(29)28(26-18)20-14-32-13-19(20)25-22-23(30)27(10-9-24-22)12-15-5-6-15/h2-4,7-11,15,19-20H,5-6,12-14H2,1H3,(H,24,25). The highest BCUT2D eigenvalue weighted by Gasteiger charge is 2.32. The van der Waals surface area contributed by atoms with Gasteiger partial charge < -0.3 is 19.4 Å². The van der Waals surface area contributed by atoms with Gasteiger partial charge in [0.2, 0.25) is 0 Å². The number of aromatic nitrogens is 4. The van der Waals surface area contributed by atoms with Gasteiger partial charge in [-0.2, -0.15) is 5.10 Å². The largest absolute Gasteiger partial charge is 0.497 e. The Balaban J connectivity index is 1.42. The highest BCUT2D eigenvalue weighted by molar-refractivity contribution is 5.60. The van der Waals surface area contributed by atoms with E-state index in [0.717, 1.165) is 18.4 Å². The molecule has 2 aliphatic rings. The average Bonchev–Trinajstić information content (AvgIpc) is 3.52. The molecule has 2 unspecified atom stereocenters. The predicted octanol–water partition coefficient (Wildman–Crippen LogP) is 1.94. The van der Waals surface area contributed by atoms with Crippen LogP contribution >= 0.6 is 0 Å². The molecule has 0 spiro atoms. The van der Waals surface area contributed by atoms with Crippen molar-refractivity contribution in [2.75, 3.05) is 25.6 Å². The van der Waals surface area contributed by atoms with Gasteiger partial charge in [0.05, 0.1) is 32.1 Å². The summed E-state index contributed by atoms with van der Waals surface area (Å²) in [6, 6.07) is 10.0. The molecular formula is C23H25N5O4. The van der Waals surface area contributed by atoms with Crippen LogP contribution in [0.1, 0.15) is 18.9 Å². The van der Waals surface area contributed by atoms with Crippen molar-refractivity contribution in [2.24, 2.45) is 5.92 Å². The Bertz CT molecular complexity index is 1230. The third kappa shape index (κ3) is 4.16. The van der Waals surface area contributed by atoms with Gasteiger partial charge >= 0.3 is 0 Å². The number of hydrogen-bond donors (Lipinski definition) is 1. The summed E-state index contributed by atoms with van der Waals surface area (Å²) in [5.41, 5.74) is 1.11. The van der Waals surface area contributed by atoms with Crippen molar-refractivity contribution in [1.82, 2.24) is 19.3 Å². The van der Waals surface area contributed by atoms with Crippen LogP contribution < -0.4 is 21.2 Å². The molecule has 0 amide bonds. The zero-order chi connectivity index (χ0) is 22.1. The second kappa shape index (κ2) is 8.58. The monoisotopic (exact) mass is 435 g/mol. The number of benzene rings is 1. The molecule has 32 heavy (non-hydrogen) atoms. The van der Waals surface area contributed by atoms with Gasteiger partial charge in [-0.3, -0.25) is 9.59 Å². The molecule has 1 N–H and O–H groups in total. The van der Waals surface area contributed by atoms with Crippen molar-refractivity contribution >= 4 is 5.82 Å². The number of nitrogens with one attached hydrogen (secondary N) is 1. The summed E-state index contributed by atoms with van der Waals surface area (Å²) in [6.45, 7) is 1.38. The maximum Gasteiger partial charge on any atom is 0.293 e. The molecule has 9 heteroatoms. The van der Waals surface area contributed by atoms with Crippen molar-refractivity contribution in [3.63, 3.8) is 0 Å². The Hall–Kier alpha value is -3.46. The molecular weight excluding hydrogens is 410 g/mol. The van der Waals surface area contributed by atoms with Gasteiger partial charge in [0.25, 0.3) is 11.1 Å². The first-order valence-electron chi connectivity index (χ1n) is 10.8. The summed E-state index contributed by atoms with van der Waals surface area (Å²) in [7, 11) is 1.61. The lowest BCUT2D eigenvalue weighted by Crippen LogP contribution is -2.39. The van der Waals surface area contributed by atoms with Crippen LogP contribution in [0.3, 0.4) is 0 Å². The van der Waals surface area contributed by atoms with Gasteiger partial charge in [0.15, 0.2) is 5.82 Å². The predicted molar refractivity (Wildman–Crippen MR) is 119 cm³/mol. The van der Waals surface area contributed by atoms with Crippen LogP contribution in [0.2, 0.25) is 0 Å². The number of anilines is 1. The first-order valence-corrected chi connectivity index (χ1v) is 10.8. The number of rotatable bonds is 7. The van der Waals surface area contributed by atoms with Crippen LogP contribution in [0, 0.1) is 5.92 Å². The molecule has 1 saturated heterocycles. The molecule has 1 aromatic carbocycles. The highest BCUT2D eigenvalue weighted by Crippen LogP contribution is 2.30. The average molecular weight is 435 g/mol. The minimum absolute atomic E-state index is 0.157. The van der Waals surface area contributed by atoms with Crippen LogP contribution in [-0.4, -0.2) is 45.7 Å². The molecule has 166 valence electrons. The van der Waals surface area contributed by atoms with Crippen molar-refractivity contribution in [2.45, 2.75) is 31.5 Å². The normalized spacial score (nSPS) is 20.3. The molecule has 1 aliphatic heterocycles. The van der Waals surface area contributed by atoms with Crippen LogP contribution in [0.4, 0.5) is 5.82 Å². The maximum atomic E-state index is 12.8. The first-order chi connectivity index (χ1) is 15.6. The maximum absolute atomic E-state index is 12.8. The quantitative estimate of drug-likeness (QED) is 0.605. The van der Waals surface area contributed by atoms with E-state index < -0.39 is 0 Å². The number of hydrogen-bond acceptors (Lipinski definition) is 7. The Morgan fingerprint density at radius 1 is 1.19 bits per heavy atom.